The molecule has 0 atom stereocenters. The van der Waals surface area contributed by atoms with E-state index >= 15 is 0 Å². The van der Waals surface area contributed by atoms with E-state index < -0.39 is 34.7 Å². The number of aromatic nitrogens is 2. The van der Waals surface area contributed by atoms with Crippen LogP contribution in [0.4, 0.5) is 8.78 Å². The van der Waals surface area contributed by atoms with Gasteiger partial charge in [0.15, 0.2) is 17.4 Å². The fourth-order valence-corrected chi connectivity index (χ4v) is 1.48. The van der Waals surface area contributed by atoms with Crippen molar-refractivity contribution in [2.45, 2.75) is 6.92 Å². The highest BCUT2D eigenvalue weighted by molar-refractivity contribution is 5.88. The van der Waals surface area contributed by atoms with E-state index in [1.54, 1.807) is 0 Å². The van der Waals surface area contributed by atoms with Gasteiger partial charge in [-0.2, -0.15) is 5.10 Å². The molecule has 0 saturated heterocycles. The van der Waals surface area contributed by atoms with E-state index in [1.807, 2.05) is 0 Å². The Morgan fingerprint density at radius 2 is 2.06 bits per heavy atom. The molecule has 94 valence electrons. The normalized spacial score (nSPS) is 10.6. The van der Waals surface area contributed by atoms with Crippen LogP contribution >= 0.6 is 0 Å². The molecule has 1 aromatic heterocycles. The van der Waals surface area contributed by atoms with Crippen LogP contribution < -0.4 is 0 Å². The van der Waals surface area contributed by atoms with Crippen molar-refractivity contribution in [2.24, 2.45) is 0 Å². The van der Waals surface area contributed by atoms with Gasteiger partial charge in [-0.25, -0.2) is 18.3 Å². The summed E-state index contributed by atoms with van der Waals surface area (Å²) in [6.45, 7) is 1.43. The summed E-state index contributed by atoms with van der Waals surface area (Å²) in [5, 5.41) is 21.4. The molecule has 2 rings (SSSR count). The summed E-state index contributed by atoms with van der Waals surface area (Å²) in [5.41, 5.74) is -1.02. The molecule has 0 aliphatic heterocycles. The first-order chi connectivity index (χ1) is 8.41. The summed E-state index contributed by atoms with van der Waals surface area (Å²) in [7, 11) is 0. The van der Waals surface area contributed by atoms with Crippen molar-refractivity contribution in [3.63, 3.8) is 0 Å². The second-order valence-electron chi connectivity index (χ2n) is 3.64. The molecular formula is C11H8F2N2O3. The fraction of sp³-hybridized carbons (Fsp3) is 0.0909. The lowest BCUT2D eigenvalue weighted by molar-refractivity contribution is 0.0687. The van der Waals surface area contributed by atoms with Crippen LogP contribution in [-0.4, -0.2) is 26.0 Å². The molecule has 2 aromatic rings. The van der Waals surface area contributed by atoms with Crippen molar-refractivity contribution in [1.82, 2.24) is 9.78 Å². The highest BCUT2D eigenvalue weighted by Crippen LogP contribution is 2.23. The van der Waals surface area contributed by atoms with Gasteiger partial charge in [0.2, 0.25) is 5.69 Å². The first kappa shape index (κ1) is 12.0. The van der Waals surface area contributed by atoms with Gasteiger partial charge < -0.3 is 10.2 Å². The third-order valence-corrected chi connectivity index (χ3v) is 2.39. The molecule has 0 bridgehead atoms. The van der Waals surface area contributed by atoms with Gasteiger partial charge in [-0.3, -0.25) is 0 Å². The lowest BCUT2D eigenvalue weighted by Crippen LogP contribution is -2.06. The molecule has 0 fully saturated rings. The Morgan fingerprint density at radius 1 is 1.39 bits per heavy atom. The van der Waals surface area contributed by atoms with Crippen molar-refractivity contribution in [3.05, 3.63) is 41.2 Å². The molecule has 0 aliphatic rings. The number of hydrogen-bond donors (Lipinski definition) is 2. The molecule has 5 nitrogen and oxygen atoms in total. The monoisotopic (exact) mass is 254 g/mol. The number of hydrogen-bond acceptors (Lipinski definition) is 3. The predicted molar refractivity (Wildman–Crippen MR) is 56.8 cm³/mol. The highest BCUT2D eigenvalue weighted by Gasteiger charge is 2.20. The summed E-state index contributed by atoms with van der Waals surface area (Å²) >= 11 is 0. The average Bonchev–Trinajstić information content (AvgIpc) is 2.66. The molecule has 7 heteroatoms. The van der Waals surface area contributed by atoms with Gasteiger partial charge >= 0.3 is 5.97 Å². The van der Waals surface area contributed by atoms with Crippen LogP contribution in [0, 0.1) is 18.6 Å². The maximum absolute atomic E-state index is 13.8. The largest absolute Gasteiger partial charge is 0.504 e. The third kappa shape index (κ3) is 1.79. The number of carboxylic acid groups (broad SMARTS) is 1. The molecule has 0 aliphatic carbocycles. The van der Waals surface area contributed by atoms with Crippen molar-refractivity contribution >= 4 is 5.97 Å². The maximum Gasteiger partial charge on any atom is 0.360 e. The first-order valence-corrected chi connectivity index (χ1v) is 4.88. The Kier molecular flexibility index (Phi) is 2.74. The van der Waals surface area contributed by atoms with Gasteiger partial charge in [-0.1, -0.05) is 6.07 Å². The van der Waals surface area contributed by atoms with Gasteiger partial charge in [0.05, 0.1) is 6.20 Å². The van der Waals surface area contributed by atoms with Crippen LogP contribution in [0.15, 0.2) is 18.3 Å². The van der Waals surface area contributed by atoms with Gasteiger partial charge in [0.1, 0.15) is 5.69 Å². The summed E-state index contributed by atoms with van der Waals surface area (Å²) in [6, 6.07) is 2.28. The zero-order valence-electron chi connectivity index (χ0n) is 9.19. The number of aromatic hydroxyl groups is 1. The zero-order valence-corrected chi connectivity index (χ0v) is 9.19. The number of carbonyl (C=O) groups is 1. The fourth-order valence-electron chi connectivity index (χ4n) is 1.48. The molecule has 0 amide bonds. The quantitative estimate of drug-likeness (QED) is 0.857. The lowest BCUT2D eigenvalue weighted by atomic mass is 10.2. The van der Waals surface area contributed by atoms with E-state index in [1.165, 1.54) is 13.0 Å². The number of halogens is 2. The van der Waals surface area contributed by atoms with Gasteiger partial charge in [-0.15, -0.1) is 0 Å². The highest BCUT2D eigenvalue weighted by atomic mass is 19.1. The average molecular weight is 254 g/mol. The van der Waals surface area contributed by atoms with Crippen LogP contribution in [0.5, 0.6) is 5.75 Å². The minimum atomic E-state index is -1.49. The van der Waals surface area contributed by atoms with E-state index in [4.69, 9.17) is 5.11 Å². The minimum absolute atomic E-state index is 0.179. The second kappa shape index (κ2) is 4.10. The number of aryl methyl sites for hydroxylation is 1. The predicted octanol–water partition coefficient (Wildman–Crippen LogP) is 1.86. The SMILES string of the molecule is Cc1ccc(F)c(-n2cc(O)c(C(=O)O)n2)c1F. The number of nitrogens with zero attached hydrogens (tertiary/aromatic N) is 2. The Balaban J connectivity index is 2.66. The summed E-state index contributed by atoms with van der Waals surface area (Å²) in [5.74, 6) is -3.92. The van der Waals surface area contributed by atoms with Gasteiger partial charge in [0.25, 0.3) is 0 Å². The smallest absolute Gasteiger partial charge is 0.360 e. The van der Waals surface area contributed by atoms with Crippen LogP contribution in [0.1, 0.15) is 16.1 Å². The molecule has 1 aromatic carbocycles. The molecular weight excluding hydrogens is 246 g/mol. The zero-order chi connectivity index (χ0) is 13.4. The van der Waals surface area contributed by atoms with E-state index in [0.717, 1.165) is 12.3 Å². The topological polar surface area (TPSA) is 75.4 Å². The van der Waals surface area contributed by atoms with E-state index in [-0.39, 0.29) is 5.56 Å². The summed E-state index contributed by atoms with van der Waals surface area (Å²) in [4.78, 5) is 10.7. The molecule has 18 heavy (non-hydrogen) atoms. The Hall–Kier alpha value is -2.44. The number of carboxylic acids is 1. The van der Waals surface area contributed by atoms with Crippen molar-refractivity contribution in [1.29, 1.82) is 0 Å². The summed E-state index contributed by atoms with van der Waals surface area (Å²) in [6.07, 6.45) is 0.838. The van der Waals surface area contributed by atoms with Crippen LogP contribution in [0.3, 0.4) is 0 Å². The Bertz CT molecular complexity index is 637. The molecule has 1 heterocycles. The second-order valence-corrected chi connectivity index (χ2v) is 3.64. The van der Waals surface area contributed by atoms with Crippen molar-refractivity contribution in [2.75, 3.05) is 0 Å². The Labute approximate surface area is 99.9 Å². The van der Waals surface area contributed by atoms with Crippen LogP contribution in [0.2, 0.25) is 0 Å². The van der Waals surface area contributed by atoms with E-state index in [0.29, 0.717) is 4.68 Å². The van der Waals surface area contributed by atoms with Crippen molar-refractivity contribution in [3.8, 4) is 11.4 Å². The molecule has 0 unspecified atom stereocenters. The molecule has 2 N–H and O–H groups in total. The number of rotatable bonds is 2. The van der Waals surface area contributed by atoms with Gasteiger partial charge in [-0.05, 0) is 18.6 Å². The first-order valence-electron chi connectivity index (χ1n) is 4.88. The Morgan fingerprint density at radius 3 is 2.61 bits per heavy atom. The standard InChI is InChI=1S/C11H8F2N2O3/c1-5-2-3-6(12)10(8(5)13)15-4-7(16)9(14-15)11(17)18/h2-4,16H,1H3,(H,17,18). The van der Waals surface area contributed by atoms with Gasteiger partial charge in [0, 0.05) is 0 Å². The number of aromatic carboxylic acids is 1. The molecule has 0 radical (unpaired) electrons. The van der Waals surface area contributed by atoms with Crippen LogP contribution in [-0.2, 0) is 0 Å². The third-order valence-electron chi connectivity index (χ3n) is 2.39. The van der Waals surface area contributed by atoms with E-state index in [2.05, 4.69) is 5.10 Å². The minimum Gasteiger partial charge on any atom is -0.504 e. The van der Waals surface area contributed by atoms with Crippen LogP contribution in [0.25, 0.3) is 5.69 Å². The number of benzene rings is 1. The lowest BCUT2D eigenvalue weighted by Gasteiger charge is -2.06. The summed E-state index contributed by atoms with van der Waals surface area (Å²) < 4.78 is 28.0. The molecule has 0 spiro atoms. The molecule has 0 saturated carbocycles. The maximum atomic E-state index is 13.8. The van der Waals surface area contributed by atoms with E-state index in [9.17, 15) is 18.7 Å². The van der Waals surface area contributed by atoms with Crippen molar-refractivity contribution < 1.29 is 23.8 Å².